The molecular weight excluding hydrogens is 212 g/mol. The van der Waals surface area contributed by atoms with Crippen molar-refractivity contribution < 1.29 is 9.90 Å². The second-order valence-corrected chi connectivity index (χ2v) is 4.91. The molecule has 0 saturated heterocycles. The van der Waals surface area contributed by atoms with Crippen LogP contribution < -0.4 is 0 Å². The maximum atomic E-state index is 10.7. The predicted molar refractivity (Wildman–Crippen MR) is 61.5 cm³/mol. The van der Waals surface area contributed by atoms with Crippen LogP contribution in [0, 0.1) is 6.92 Å². The zero-order chi connectivity index (χ0) is 11.6. The number of aryl methyl sites for hydroxylation is 1. The van der Waals surface area contributed by atoms with E-state index in [1.54, 1.807) is 0 Å². The van der Waals surface area contributed by atoms with Crippen LogP contribution in [0.4, 0.5) is 0 Å². The monoisotopic (exact) mass is 226 g/mol. The van der Waals surface area contributed by atoms with E-state index >= 15 is 0 Å². The van der Waals surface area contributed by atoms with Crippen molar-refractivity contribution in [2.75, 3.05) is 0 Å². The number of aliphatic carboxylic acids is 1. The van der Waals surface area contributed by atoms with Gasteiger partial charge in [-0.3, -0.25) is 4.79 Å². The van der Waals surface area contributed by atoms with Gasteiger partial charge in [0, 0.05) is 10.4 Å². The molecule has 1 aromatic rings. The van der Waals surface area contributed by atoms with E-state index in [9.17, 15) is 4.79 Å². The summed E-state index contributed by atoms with van der Waals surface area (Å²) < 4.78 is 0. The molecule has 15 heavy (non-hydrogen) atoms. The van der Waals surface area contributed by atoms with E-state index in [2.05, 4.69) is 0 Å². The molecule has 0 aromatic heterocycles. The first kappa shape index (κ1) is 12.1. The summed E-state index contributed by atoms with van der Waals surface area (Å²) in [4.78, 5) is 10.7. The van der Waals surface area contributed by atoms with Gasteiger partial charge >= 0.3 is 5.97 Å². The SMILES string of the molecule is Cc1cc(Cl)cc(C(C)(C)CC(=O)O)c1. The van der Waals surface area contributed by atoms with Crippen molar-refractivity contribution in [3.05, 3.63) is 34.3 Å². The molecule has 0 radical (unpaired) electrons. The molecule has 0 amide bonds. The average molecular weight is 227 g/mol. The minimum Gasteiger partial charge on any atom is -0.481 e. The second-order valence-electron chi connectivity index (χ2n) is 4.47. The molecular formula is C12H15ClO2. The lowest BCUT2D eigenvalue weighted by atomic mass is 9.81. The molecule has 0 aliphatic rings. The highest BCUT2D eigenvalue weighted by Crippen LogP contribution is 2.29. The molecule has 0 atom stereocenters. The fraction of sp³-hybridized carbons (Fsp3) is 0.417. The average Bonchev–Trinajstić information content (AvgIpc) is 1.99. The van der Waals surface area contributed by atoms with E-state index in [0.717, 1.165) is 11.1 Å². The highest BCUT2D eigenvalue weighted by molar-refractivity contribution is 6.30. The van der Waals surface area contributed by atoms with E-state index in [1.165, 1.54) is 0 Å². The standard InChI is InChI=1S/C12H15ClO2/c1-8-4-9(6-10(13)5-8)12(2,3)7-11(14)15/h4-6H,7H2,1-3H3,(H,14,15). The fourth-order valence-electron chi connectivity index (χ4n) is 1.61. The van der Waals surface area contributed by atoms with Crippen LogP contribution in [0.5, 0.6) is 0 Å². The van der Waals surface area contributed by atoms with Crippen LogP contribution >= 0.6 is 11.6 Å². The van der Waals surface area contributed by atoms with Crippen molar-refractivity contribution in [2.24, 2.45) is 0 Å². The summed E-state index contributed by atoms with van der Waals surface area (Å²) in [5, 5.41) is 9.47. The van der Waals surface area contributed by atoms with Crippen LogP contribution in [-0.2, 0) is 10.2 Å². The van der Waals surface area contributed by atoms with Gasteiger partial charge in [-0.05, 0) is 30.2 Å². The quantitative estimate of drug-likeness (QED) is 0.858. The van der Waals surface area contributed by atoms with Gasteiger partial charge in [0.15, 0.2) is 0 Å². The Bertz CT molecular complexity index is 363. The lowest BCUT2D eigenvalue weighted by Crippen LogP contribution is -2.21. The Morgan fingerprint density at radius 3 is 2.47 bits per heavy atom. The van der Waals surface area contributed by atoms with Gasteiger partial charge < -0.3 is 5.11 Å². The highest BCUT2D eigenvalue weighted by Gasteiger charge is 2.24. The molecule has 0 aliphatic heterocycles. The third-order valence-electron chi connectivity index (χ3n) is 2.42. The summed E-state index contributed by atoms with van der Waals surface area (Å²) in [6, 6.07) is 5.67. The van der Waals surface area contributed by atoms with E-state index in [4.69, 9.17) is 16.7 Å². The Balaban J connectivity index is 3.08. The Morgan fingerprint density at radius 1 is 1.40 bits per heavy atom. The van der Waals surface area contributed by atoms with Gasteiger partial charge in [0.05, 0.1) is 6.42 Å². The van der Waals surface area contributed by atoms with E-state index < -0.39 is 5.97 Å². The summed E-state index contributed by atoms with van der Waals surface area (Å²) >= 11 is 5.95. The van der Waals surface area contributed by atoms with Gasteiger partial charge in [-0.15, -0.1) is 0 Å². The lowest BCUT2D eigenvalue weighted by Gasteiger charge is -2.23. The summed E-state index contributed by atoms with van der Waals surface area (Å²) in [5.41, 5.74) is 1.63. The molecule has 1 N–H and O–H groups in total. The number of carboxylic acid groups (broad SMARTS) is 1. The number of hydrogen-bond acceptors (Lipinski definition) is 1. The van der Waals surface area contributed by atoms with Crippen molar-refractivity contribution in [2.45, 2.75) is 32.6 Å². The van der Waals surface area contributed by atoms with Crippen LogP contribution in [0.2, 0.25) is 5.02 Å². The maximum absolute atomic E-state index is 10.7. The maximum Gasteiger partial charge on any atom is 0.304 e. The molecule has 2 nitrogen and oxygen atoms in total. The summed E-state index contributed by atoms with van der Waals surface area (Å²) in [7, 11) is 0. The van der Waals surface area contributed by atoms with Crippen LogP contribution in [0.15, 0.2) is 18.2 Å². The first-order valence-electron chi connectivity index (χ1n) is 4.81. The Labute approximate surface area is 94.9 Å². The minimum absolute atomic E-state index is 0.104. The molecule has 1 rings (SSSR count). The third-order valence-corrected chi connectivity index (χ3v) is 2.63. The molecule has 0 spiro atoms. The Morgan fingerprint density at radius 2 is 2.00 bits per heavy atom. The summed E-state index contributed by atoms with van der Waals surface area (Å²) in [6.45, 7) is 5.77. The normalized spacial score (nSPS) is 11.5. The van der Waals surface area contributed by atoms with Gasteiger partial charge in [0.25, 0.3) is 0 Å². The zero-order valence-corrected chi connectivity index (χ0v) is 9.93. The van der Waals surface area contributed by atoms with Gasteiger partial charge in [0.2, 0.25) is 0 Å². The number of hydrogen-bond donors (Lipinski definition) is 1. The van der Waals surface area contributed by atoms with Crippen LogP contribution in [0.1, 0.15) is 31.4 Å². The first-order valence-corrected chi connectivity index (χ1v) is 5.18. The molecule has 0 heterocycles. The van der Waals surface area contributed by atoms with Crippen LogP contribution in [-0.4, -0.2) is 11.1 Å². The molecule has 0 fully saturated rings. The van der Waals surface area contributed by atoms with E-state index in [1.807, 2.05) is 39.0 Å². The van der Waals surface area contributed by atoms with Crippen molar-refractivity contribution in [3.63, 3.8) is 0 Å². The second kappa shape index (κ2) is 4.23. The van der Waals surface area contributed by atoms with Crippen LogP contribution in [0.25, 0.3) is 0 Å². The van der Waals surface area contributed by atoms with Crippen molar-refractivity contribution in [3.8, 4) is 0 Å². The first-order chi connectivity index (χ1) is 6.81. The number of carbonyl (C=O) groups is 1. The smallest absolute Gasteiger partial charge is 0.304 e. The number of halogens is 1. The van der Waals surface area contributed by atoms with Crippen molar-refractivity contribution in [1.82, 2.24) is 0 Å². The van der Waals surface area contributed by atoms with Crippen molar-refractivity contribution >= 4 is 17.6 Å². The zero-order valence-electron chi connectivity index (χ0n) is 9.17. The number of benzene rings is 1. The molecule has 0 bridgehead atoms. The highest BCUT2D eigenvalue weighted by atomic mass is 35.5. The van der Waals surface area contributed by atoms with Crippen LogP contribution in [0.3, 0.4) is 0 Å². The minimum atomic E-state index is -0.794. The topological polar surface area (TPSA) is 37.3 Å². The lowest BCUT2D eigenvalue weighted by molar-refractivity contribution is -0.138. The van der Waals surface area contributed by atoms with Gasteiger partial charge in [0.1, 0.15) is 0 Å². The largest absolute Gasteiger partial charge is 0.481 e. The summed E-state index contributed by atoms with van der Waals surface area (Å²) in [5.74, 6) is -0.794. The number of rotatable bonds is 3. The molecule has 0 saturated carbocycles. The third kappa shape index (κ3) is 3.24. The molecule has 3 heteroatoms. The molecule has 0 aliphatic carbocycles. The Kier molecular flexibility index (Phi) is 3.40. The van der Waals surface area contributed by atoms with Gasteiger partial charge in [-0.2, -0.15) is 0 Å². The van der Waals surface area contributed by atoms with Gasteiger partial charge in [-0.25, -0.2) is 0 Å². The number of carboxylic acids is 1. The predicted octanol–water partition coefficient (Wildman–Crippen LogP) is 3.40. The molecule has 1 aromatic carbocycles. The Hall–Kier alpha value is -1.02. The summed E-state index contributed by atoms with van der Waals surface area (Å²) in [6.07, 6.45) is 0.104. The molecule has 82 valence electrons. The van der Waals surface area contributed by atoms with E-state index in [-0.39, 0.29) is 11.8 Å². The van der Waals surface area contributed by atoms with E-state index in [0.29, 0.717) is 5.02 Å². The fourth-order valence-corrected chi connectivity index (χ4v) is 1.90. The molecule has 0 unspecified atom stereocenters. The van der Waals surface area contributed by atoms with Crippen molar-refractivity contribution in [1.29, 1.82) is 0 Å². The van der Waals surface area contributed by atoms with Gasteiger partial charge in [-0.1, -0.05) is 31.5 Å².